The Bertz CT molecular complexity index is 380. The fourth-order valence-corrected chi connectivity index (χ4v) is 2.74. The van der Waals surface area contributed by atoms with Crippen LogP contribution in [0.25, 0.3) is 0 Å². The summed E-state index contributed by atoms with van der Waals surface area (Å²) in [6, 6.07) is 2.65. The summed E-state index contributed by atoms with van der Waals surface area (Å²) in [7, 11) is 0. The second-order valence-corrected chi connectivity index (χ2v) is 4.67. The fourth-order valence-electron chi connectivity index (χ4n) is 2.58. The number of fused-ring (bicyclic) bond motifs is 3. The van der Waals surface area contributed by atoms with Crippen molar-refractivity contribution >= 4 is 23.1 Å². The van der Waals surface area contributed by atoms with E-state index in [9.17, 15) is 0 Å². The average molecular weight is 224 g/mol. The molecule has 1 saturated heterocycles. The molecule has 1 unspecified atom stereocenters. The Hall–Kier alpha value is -0.960. The lowest BCUT2D eigenvalue weighted by atomic mass is 10.1. The Morgan fingerprint density at radius 2 is 2.40 bits per heavy atom. The SMILES string of the molecule is Clc1cnc2c(c1)NCCC1CCCN21. The van der Waals surface area contributed by atoms with Crippen LogP contribution in [-0.4, -0.2) is 24.1 Å². The highest BCUT2D eigenvalue weighted by atomic mass is 35.5. The van der Waals surface area contributed by atoms with Crippen molar-refractivity contribution in [3.63, 3.8) is 0 Å². The van der Waals surface area contributed by atoms with Gasteiger partial charge in [0.2, 0.25) is 0 Å². The minimum Gasteiger partial charge on any atom is -0.382 e. The molecule has 1 fully saturated rings. The molecule has 1 aromatic heterocycles. The Balaban J connectivity index is 2.05. The van der Waals surface area contributed by atoms with Gasteiger partial charge in [0, 0.05) is 25.3 Å². The maximum atomic E-state index is 5.95. The zero-order chi connectivity index (χ0) is 10.3. The Labute approximate surface area is 94.4 Å². The molecule has 0 spiro atoms. The van der Waals surface area contributed by atoms with Crippen molar-refractivity contribution in [2.75, 3.05) is 23.3 Å². The second-order valence-electron chi connectivity index (χ2n) is 4.23. The highest BCUT2D eigenvalue weighted by molar-refractivity contribution is 6.30. The van der Waals surface area contributed by atoms with Crippen LogP contribution in [0, 0.1) is 0 Å². The third-order valence-electron chi connectivity index (χ3n) is 3.28. The van der Waals surface area contributed by atoms with Crippen molar-refractivity contribution in [2.45, 2.75) is 25.3 Å². The lowest BCUT2D eigenvalue weighted by molar-refractivity contribution is 0.635. The van der Waals surface area contributed by atoms with Gasteiger partial charge in [-0.1, -0.05) is 11.6 Å². The maximum Gasteiger partial charge on any atom is 0.152 e. The monoisotopic (exact) mass is 223 g/mol. The van der Waals surface area contributed by atoms with E-state index in [4.69, 9.17) is 11.6 Å². The summed E-state index contributed by atoms with van der Waals surface area (Å²) in [6.45, 7) is 2.16. The highest BCUT2D eigenvalue weighted by Gasteiger charge is 2.29. The maximum absolute atomic E-state index is 5.95. The summed E-state index contributed by atoms with van der Waals surface area (Å²) in [4.78, 5) is 6.88. The molecular formula is C11H14ClN3. The van der Waals surface area contributed by atoms with Crippen LogP contribution in [0.4, 0.5) is 11.5 Å². The molecule has 3 nitrogen and oxygen atoms in total. The molecule has 1 aromatic rings. The first-order valence-corrected chi connectivity index (χ1v) is 5.88. The molecule has 0 aromatic carbocycles. The van der Waals surface area contributed by atoms with Crippen molar-refractivity contribution in [1.82, 2.24) is 4.98 Å². The van der Waals surface area contributed by atoms with Gasteiger partial charge in [-0.2, -0.15) is 0 Å². The summed E-state index contributed by atoms with van der Waals surface area (Å²) in [5.74, 6) is 1.08. The van der Waals surface area contributed by atoms with Gasteiger partial charge >= 0.3 is 0 Å². The van der Waals surface area contributed by atoms with Gasteiger partial charge in [-0.3, -0.25) is 0 Å². The van der Waals surface area contributed by atoms with Gasteiger partial charge in [0.1, 0.15) is 0 Å². The zero-order valence-corrected chi connectivity index (χ0v) is 9.30. The quantitative estimate of drug-likeness (QED) is 0.733. The van der Waals surface area contributed by atoms with E-state index in [1.165, 1.54) is 19.3 Å². The molecule has 1 atom stereocenters. The third kappa shape index (κ3) is 1.55. The summed E-state index contributed by atoms with van der Waals surface area (Å²) in [5, 5.41) is 4.11. The van der Waals surface area contributed by atoms with Crippen molar-refractivity contribution in [3.05, 3.63) is 17.3 Å². The van der Waals surface area contributed by atoms with Gasteiger partial charge in [-0.05, 0) is 25.3 Å². The highest BCUT2D eigenvalue weighted by Crippen LogP contribution is 2.34. The van der Waals surface area contributed by atoms with E-state index in [1.807, 2.05) is 6.07 Å². The van der Waals surface area contributed by atoms with E-state index < -0.39 is 0 Å². The zero-order valence-electron chi connectivity index (χ0n) is 8.54. The van der Waals surface area contributed by atoms with Crippen LogP contribution in [0.3, 0.4) is 0 Å². The number of aromatic nitrogens is 1. The molecule has 0 bridgehead atoms. The summed E-state index contributed by atoms with van der Waals surface area (Å²) < 4.78 is 0. The van der Waals surface area contributed by atoms with Gasteiger partial charge in [-0.15, -0.1) is 0 Å². The number of nitrogens with one attached hydrogen (secondary N) is 1. The normalized spacial score (nSPS) is 24.1. The first kappa shape index (κ1) is 9.28. The van der Waals surface area contributed by atoms with Gasteiger partial charge in [-0.25, -0.2) is 4.98 Å². The molecule has 15 heavy (non-hydrogen) atoms. The molecule has 80 valence electrons. The number of anilines is 2. The van der Waals surface area contributed by atoms with Crippen molar-refractivity contribution in [1.29, 1.82) is 0 Å². The van der Waals surface area contributed by atoms with Gasteiger partial charge in [0.15, 0.2) is 5.82 Å². The number of hydrogen-bond donors (Lipinski definition) is 1. The van der Waals surface area contributed by atoms with E-state index in [1.54, 1.807) is 6.20 Å². The topological polar surface area (TPSA) is 28.2 Å². The Kier molecular flexibility index (Phi) is 2.20. The molecule has 0 amide bonds. The van der Waals surface area contributed by atoms with Crippen LogP contribution in [-0.2, 0) is 0 Å². The Morgan fingerprint density at radius 1 is 1.47 bits per heavy atom. The average Bonchev–Trinajstić information content (AvgIpc) is 2.61. The molecule has 1 N–H and O–H groups in total. The van der Waals surface area contributed by atoms with Crippen molar-refractivity contribution in [2.24, 2.45) is 0 Å². The number of hydrogen-bond acceptors (Lipinski definition) is 3. The van der Waals surface area contributed by atoms with E-state index >= 15 is 0 Å². The standard InChI is InChI=1S/C11H14ClN3/c12-8-6-10-11(14-7-8)15-5-1-2-9(15)3-4-13-10/h6-7,9,13H,1-5H2. The first-order valence-electron chi connectivity index (χ1n) is 5.50. The predicted octanol–water partition coefficient (Wildman–Crippen LogP) is 2.52. The van der Waals surface area contributed by atoms with E-state index in [0.717, 1.165) is 24.6 Å². The largest absolute Gasteiger partial charge is 0.382 e. The van der Waals surface area contributed by atoms with Crippen LogP contribution in [0.5, 0.6) is 0 Å². The molecule has 2 aliphatic rings. The number of rotatable bonds is 0. The number of halogens is 1. The molecule has 0 aliphatic carbocycles. The van der Waals surface area contributed by atoms with Crippen LogP contribution in [0.2, 0.25) is 5.02 Å². The lowest BCUT2D eigenvalue weighted by Crippen LogP contribution is -2.29. The van der Waals surface area contributed by atoms with E-state index in [2.05, 4.69) is 15.2 Å². The molecule has 3 heterocycles. The summed E-state index contributed by atoms with van der Waals surface area (Å²) in [5.41, 5.74) is 1.09. The van der Waals surface area contributed by atoms with Crippen LogP contribution in [0.15, 0.2) is 12.3 Å². The van der Waals surface area contributed by atoms with E-state index in [-0.39, 0.29) is 0 Å². The van der Waals surface area contributed by atoms with Crippen LogP contribution < -0.4 is 10.2 Å². The summed E-state index contributed by atoms with van der Waals surface area (Å²) in [6.07, 6.45) is 5.52. The number of pyridine rings is 1. The Morgan fingerprint density at radius 3 is 3.33 bits per heavy atom. The minimum atomic E-state index is 0.674. The molecule has 2 aliphatic heterocycles. The van der Waals surface area contributed by atoms with Gasteiger partial charge in [0.05, 0.1) is 10.7 Å². The molecular weight excluding hydrogens is 210 g/mol. The molecule has 3 rings (SSSR count). The van der Waals surface area contributed by atoms with Gasteiger partial charge < -0.3 is 10.2 Å². The molecule has 0 saturated carbocycles. The van der Waals surface area contributed by atoms with Gasteiger partial charge in [0.25, 0.3) is 0 Å². The minimum absolute atomic E-state index is 0.674. The van der Waals surface area contributed by atoms with Crippen LogP contribution in [0.1, 0.15) is 19.3 Å². The predicted molar refractivity (Wildman–Crippen MR) is 62.7 cm³/mol. The fraction of sp³-hybridized carbons (Fsp3) is 0.545. The second kappa shape index (κ2) is 3.56. The first-order chi connectivity index (χ1) is 7.34. The van der Waals surface area contributed by atoms with Crippen LogP contribution >= 0.6 is 11.6 Å². The van der Waals surface area contributed by atoms with Crippen molar-refractivity contribution in [3.8, 4) is 0 Å². The molecule has 0 radical (unpaired) electrons. The van der Waals surface area contributed by atoms with E-state index in [0.29, 0.717) is 11.1 Å². The smallest absolute Gasteiger partial charge is 0.152 e. The number of nitrogens with zero attached hydrogens (tertiary/aromatic N) is 2. The van der Waals surface area contributed by atoms with Crippen molar-refractivity contribution < 1.29 is 0 Å². The third-order valence-corrected chi connectivity index (χ3v) is 3.48. The summed E-state index contributed by atoms with van der Waals surface area (Å²) >= 11 is 5.95. The lowest BCUT2D eigenvalue weighted by Gasteiger charge is -2.23. The molecule has 4 heteroatoms.